The van der Waals surface area contributed by atoms with E-state index < -0.39 is 0 Å². The molecule has 0 fully saturated rings. The van der Waals surface area contributed by atoms with E-state index in [0.29, 0.717) is 0 Å². The van der Waals surface area contributed by atoms with Crippen LogP contribution in [0, 0.1) is 0 Å². The molecule has 9 nitrogen and oxygen atoms in total. The van der Waals surface area contributed by atoms with Gasteiger partial charge in [0.15, 0.2) is 0 Å². The van der Waals surface area contributed by atoms with Gasteiger partial charge in [0.2, 0.25) is 0 Å². The van der Waals surface area contributed by atoms with Crippen molar-refractivity contribution in [3.05, 3.63) is 83.4 Å². The molecule has 0 aliphatic carbocycles. The molecule has 0 heterocycles. The van der Waals surface area contributed by atoms with Gasteiger partial charge in [-0.05, 0) is 201 Å². The Kier molecular flexibility index (Phi) is 37.0. The van der Waals surface area contributed by atoms with Crippen LogP contribution in [0.2, 0.25) is 0 Å². The topological polar surface area (TPSA) is 108 Å². The van der Waals surface area contributed by atoms with Crippen molar-refractivity contribution in [2.45, 2.75) is 156 Å². The van der Waals surface area contributed by atoms with E-state index in [2.05, 4.69) is 135 Å². The minimum absolute atomic E-state index is 0.841. The van der Waals surface area contributed by atoms with Gasteiger partial charge in [-0.3, -0.25) is 0 Å². The summed E-state index contributed by atoms with van der Waals surface area (Å²) in [4.78, 5) is 0. The van der Waals surface area contributed by atoms with Crippen molar-refractivity contribution in [1.29, 1.82) is 0 Å². The van der Waals surface area contributed by atoms with Crippen LogP contribution in [0.5, 0.6) is 0 Å². The van der Waals surface area contributed by atoms with E-state index in [1.165, 1.54) is 135 Å². The summed E-state index contributed by atoms with van der Waals surface area (Å²) in [6.45, 7) is 25.6. The Hall–Kier alpha value is -2.70. The Morgan fingerprint density at radius 2 is 0.606 bits per heavy atom. The molecule has 374 valence electrons. The van der Waals surface area contributed by atoms with Crippen molar-refractivity contribution in [3.63, 3.8) is 0 Å². The van der Waals surface area contributed by atoms with Gasteiger partial charge in [-0.2, -0.15) is 0 Å². The zero-order valence-electron chi connectivity index (χ0n) is 42.8. The summed E-state index contributed by atoms with van der Waals surface area (Å²) in [6.07, 6.45) is 22.9. The molecule has 0 spiro atoms. The summed E-state index contributed by atoms with van der Waals surface area (Å²) in [6, 6.07) is 25.0. The molecule has 0 bridgehead atoms. The minimum atomic E-state index is 0.841. The Morgan fingerprint density at radius 1 is 0.273 bits per heavy atom. The lowest BCUT2D eigenvalue weighted by atomic mass is 9.88. The highest BCUT2D eigenvalue weighted by Gasteiger charge is 2.16. The van der Waals surface area contributed by atoms with Gasteiger partial charge in [0.05, 0.1) is 0 Å². The first kappa shape index (κ1) is 57.6. The second kappa shape index (κ2) is 42.4. The maximum Gasteiger partial charge on any atom is 0.0215 e. The number of benzene rings is 3. The number of unbranched alkanes of at least 4 members (excludes halogenated alkanes) is 9. The maximum atomic E-state index is 3.90. The molecule has 0 atom stereocenters. The van der Waals surface area contributed by atoms with Crippen molar-refractivity contribution in [2.75, 3.05) is 98.2 Å². The third kappa shape index (κ3) is 28.6. The number of nitrogens with one attached hydrogen (secondary N) is 9. The van der Waals surface area contributed by atoms with E-state index in [0.717, 1.165) is 137 Å². The van der Waals surface area contributed by atoms with Crippen molar-refractivity contribution in [2.24, 2.45) is 0 Å². The average Bonchev–Trinajstić information content (AvgIpc) is 3.34. The van der Waals surface area contributed by atoms with Crippen molar-refractivity contribution in [1.82, 2.24) is 47.9 Å². The van der Waals surface area contributed by atoms with Gasteiger partial charge in [0.25, 0.3) is 0 Å². The van der Waals surface area contributed by atoms with E-state index in [1.807, 2.05) is 0 Å². The molecular weight excluding hydrogens is 811 g/mol. The van der Waals surface area contributed by atoms with Gasteiger partial charge in [-0.15, -0.1) is 0 Å². The zero-order valence-corrected chi connectivity index (χ0v) is 42.8. The molecule has 0 aliphatic heterocycles. The Balaban J connectivity index is 1.57. The van der Waals surface area contributed by atoms with E-state index in [4.69, 9.17) is 0 Å². The lowest BCUT2D eigenvalue weighted by Crippen LogP contribution is -2.27. The third-order valence-corrected chi connectivity index (χ3v) is 12.6. The van der Waals surface area contributed by atoms with Gasteiger partial charge >= 0.3 is 0 Å². The van der Waals surface area contributed by atoms with E-state index in [1.54, 1.807) is 0 Å². The van der Waals surface area contributed by atoms with Crippen molar-refractivity contribution < 1.29 is 0 Å². The minimum Gasteiger partial charge on any atom is -0.317 e. The van der Waals surface area contributed by atoms with Crippen LogP contribution in [-0.4, -0.2) is 98.2 Å². The summed E-state index contributed by atoms with van der Waals surface area (Å²) in [5.41, 5.74) is 9.39. The summed E-state index contributed by atoms with van der Waals surface area (Å²) < 4.78 is 0. The molecule has 0 saturated carbocycles. The molecule has 66 heavy (non-hydrogen) atoms. The smallest absolute Gasteiger partial charge is 0.0215 e. The molecule has 0 saturated heterocycles. The van der Waals surface area contributed by atoms with Crippen LogP contribution in [-0.2, 0) is 19.6 Å². The Morgan fingerprint density at radius 3 is 1.00 bits per heavy atom. The highest BCUT2D eigenvalue weighted by atomic mass is 14.9. The first-order valence-corrected chi connectivity index (χ1v) is 27.4. The maximum absolute atomic E-state index is 3.90. The standard InChI is InChI=1S/C57H101N9/c1-4-7-10-16-32-58-35-20-38-61-41-23-44-64-48-51-26-19-29-53(47-51)55-31-30-54(52-27-14-13-15-28-52)56(49-65-45-24-42-62-39-21-36-59-33-17-11-8-5-2)57(55)50-66-46-25-43-63-40-22-37-60-34-18-12-9-6-3/h13-15,19,26-31,47,58-66H,4-12,16-18,20-25,32-46,48-50H2,1-3H3. The fourth-order valence-electron chi connectivity index (χ4n) is 8.57. The van der Waals surface area contributed by atoms with Gasteiger partial charge in [-0.25, -0.2) is 0 Å². The van der Waals surface area contributed by atoms with Crippen LogP contribution >= 0.6 is 0 Å². The number of rotatable bonds is 47. The second-order valence-corrected chi connectivity index (χ2v) is 18.5. The first-order valence-electron chi connectivity index (χ1n) is 27.4. The van der Waals surface area contributed by atoms with Crippen LogP contribution in [0.4, 0.5) is 0 Å². The SMILES string of the molecule is CCCCCCNCCCNCCCNCc1cccc(-c2ccc(-c3ccccc3)c(CNCCCNCCCNCCCCCC)c2CNCCCNCCCNCCCCCC)c1. The number of hydrogen-bond acceptors (Lipinski definition) is 9. The largest absolute Gasteiger partial charge is 0.317 e. The van der Waals surface area contributed by atoms with Gasteiger partial charge in [0.1, 0.15) is 0 Å². The molecule has 0 amide bonds. The summed E-state index contributed by atoms with van der Waals surface area (Å²) >= 11 is 0. The van der Waals surface area contributed by atoms with Gasteiger partial charge < -0.3 is 47.9 Å². The van der Waals surface area contributed by atoms with E-state index >= 15 is 0 Å². The monoisotopic (exact) mass is 912 g/mol. The molecule has 0 aromatic heterocycles. The summed E-state index contributed by atoms with van der Waals surface area (Å²) in [5, 5.41) is 33.4. The second-order valence-electron chi connectivity index (χ2n) is 18.5. The van der Waals surface area contributed by atoms with Crippen LogP contribution in [0.1, 0.15) is 153 Å². The predicted molar refractivity (Wildman–Crippen MR) is 290 cm³/mol. The predicted octanol–water partition coefficient (Wildman–Crippen LogP) is 9.91. The number of hydrogen-bond donors (Lipinski definition) is 9. The Labute approximate surface area is 406 Å². The van der Waals surface area contributed by atoms with Crippen LogP contribution in [0.15, 0.2) is 66.7 Å². The summed E-state index contributed by atoms with van der Waals surface area (Å²) in [5.74, 6) is 0. The molecule has 9 N–H and O–H groups in total. The lowest BCUT2D eigenvalue weighted by molar-refractivity contribution is 0.548. The first-order chi connectivity index (χ1) is 32.8. The summed E-state index contributed by atoms with van der Waals surface area (Å²) in [7, 11) is 0. The highest BCUT2D eigenvalue weighted by Crippen LogP contribution is 2.34. The quantitative estimate of drug-likeness (QED) is 0.0256. The van der Waals surface area contributed by atoms with Crippen LogP contribution in [0.25, 0.3) is 22.3 Å². The van der Waals surface area contributed by atoms with Crippen LogP contribution in [0.3, 0.4) is 0 Å². The molecule has 3 rings (SSSR count). The molecule has 0 radical (unpaired) electrons. The molecule has 0 aliphatic rings. The fourth-order valence-corrected chi connectivity index (χ4v) is 8.57. The molecular formula is C57H101N9. The van der Waals surface area contributed by atoms with Crippen molar-refractivity contribution >= 4 is 0 Å². The fraction of sp³-hybridized carbons (Fsp3) is 0.684. The molecule has 3 aromatic rings. The Bertz CT molecular complexity index is 1520. The molecule has 0 unspecified atom stereocenters. The highest BCUT2D eigenvalue weighted by molar-refractivity contribution is 5.77. The van der Waals surface area contributed by atoms with Gasteiger partial charge in [0, 0.05) is 19.6 Å². The average molecular weight is 912 g/mol. The van der Waals surface area contributed by atoms with Crippen LogP contribution < -0.4 is 47.9 Å². The normalized spacial score (nSPS) is 11.6. The molecule has 3 aromatic carbocycles. The third-order valence-electron chi connectivity index (χ3n) is 12.6. The van der Waals surface area contributed by atoms with E-state index in [-0.39, 0.29) is 0 Å². The van der Waals surface area contributed by atoms with Crippen molar-refractivity contribution in [3.8, 4) is 22.3 Å². The van der Waals surface area contributed by atoms with Gasteiger partial charge in [-0.1, -0.05) is 139 Å². The molecule has 9 heteroatoms. The van der Waals surface area contributed by atoms with E-state index in [9.17, 15) is 0 Å². The lowest BCUT2D eigenvalue weighted by Gasteiger charge is -2.21. The zero-order chi connectivity index (χ0) is 46.6.